The van der Waals surface area contributed by atoms with Gasteiger partial charge in [-0.2, -0.15) is 0 Å². The van der Waals surface area contributed by atoms with E-state index in [2.05, 4.69) is 9.97 Å². The van der Waals surface area contributed by atoms with Crippen molar-refractivity contribution in [2.24, 2.45) is 0 Å². The fraction of sp³-hybridized carbons (Fsp3) is 0.0667. The zero-order valence-electron chi connectivity index (χ0n) is 9.99. The van der Waals surface area contributed by atoms with Gasteiger partial charge < -0.3 is 5.11 Å². The lowest BCUT2D eigenvalue weighted by molar-refractivity contribution is 0.220. The monoisotopic (exact) mass is 270 g/mol. The molecule has 3 aromatic rings. The summed E-state index contributed by atoms with van der Waals surface area (Å²) in [4.78, 5) is 8.44. The topological polar surface area (TPSA) is 46.0 Å². The summed E-state index contributed by atoms with van der Waals surface area (Å²) >= 11 is 5.94. The predicted molar refractivity (Wildman–Crippen MR) is 75.1 cm³/mol. The van der Waals surface area contributed by atoms with Crippen molar-refractivity contribution in [2.45, 2.75) is 6.10 Å². The minimum Gasteiger partial charge on any atom is -0.384 e. The predicted octanol–water partition coefficient (Wildman–Crippen LogP) is 3.36. The number of hydrogen-bond acceptors (Lipinski definition) is 3. The van der Waals surface area contributed by atoms with E-state index in [4.69, 9.17) is 11.6 Å². The van der Waals surface area contributed by atoms with E-state index < -0.39 is 6.10 Å². The summed E-state index contributed by atoms with van der Waals surface area (Å²) in [5, 5.41) is 11.0. The smallest absolute Gasteiger partial charge is 0.104 e. The van der Waals surface area contributed by atoms with E-state index in [-0.39, 0.29) is 0 Å². The van der Waals surface area contributed by atoms with E-state index in [0.29, 0.717) is 5.02 Å². The molecule has 1 unspecified atom stereocenters. The minimum atomic E-state index is -0.717. The van der Waals surface area contributed by atoms with Crippen LogP contribution in [0.4, 0.5) is 0 Å². The van der Waals surface area contributed by atoms with Gasteiger partial charge >= 0.3 is 0 Å². The number of aliphatic hydroxyl groups excluding tert-OH is 1. The highest BCUT2D eigenvalue weighted by Gasteiger charge is 2.11. The van der Waals surface area contributed by atoms with Crippen LogP contribution in [0.3, 0.4) is 0 Å². The van der Waals surface area contributed by atoms with E-state index in [9.17, 15) is 5.11 Å². The molecule has 1 N–H and O–H groups in total. The lowest BCUT2D eigenvalue weighted by Crippen LogP contribution is -1.99. The zero-order valence-corrected chi connectivity index (χ0v) is 10.7. The summed E-state index contributed by atoms with van der Waals surface area (Å²) in [7, 11) is 0. The number of hydrogen-bond donors (Lipinski definition) is 1. The standard InChI is InChI=1S/C15H11ClN2O/c16-12-3-1-2-10(8-12)15(19)11-4-5-13-14(9-11)18-7-6-17-13/h1-9,15,19H. The number of nitrogens with zero attached hydrogens (tertiary/aromatic N) is 2. The Morgan fingerprint density at radius 2 is 1.63 bits per heavy atom. The van der Waals surface area contributed by atoms with Crippen molar-refractivity contribution in [1.82, 2.24) is 9.97 Å². The SMILES string of the molecule is OC(c1cccc(Cl)c1)c1ccc2nccnc2c1. The van der Waals surface area contributed by atoms with Crippen LogP contribution < -0.4 is 0 Å². The summed E-state index contributed by atoms with van der Waals surface area (Å²) in [5.41, 5.74) is 3.11. The Hall–Kier alpha value is -1.97. The summed E-state index contributed by atoms with van der Waals surface area (Å²) in [5.74, 6) is 0. The molecule has 0 aliphatic heterocycles. The van der Waals surface area contributed by atoms with Crippen LogP contribution in [0.25, 0.3) is 11.0 Å². The first-order valence-electron chi connectivity index (χ1n) is 5.88. The van der Waals surface area contributed by atoms with Crippen molar-refractivity contribution in [3.05, 3.63) is 71.0 Å². The third kappa shape index (κ3) is 2.43. The summed E-state index contributed by atoms with van der Waals surface area (Å²) in [6.07, 6.45) is 2.57. The Morgan fingerprint density at radius 3 is 2.42 bits per heavy atom. The molecule has 1 atom stereocenters. The van der Waals surface area contributed by atoms with Gasteiger partial charge in [-0.3, -0.25) is 9.97 Å². The van der Waals surface area contributed by atoms with Gasteiger partial charge in [-0.15, -0.1) is 0 Å². The second-order valence-corrected chi connectivity index (χ2v) is 4.70. The molecule has 2 aromatic carbocycles. The van der Waals surface area contributed by atoms with Gasteiger partial charge in [-0.05, 0) is 35.4 Å². The molecule has 0 aliphatic rings. The van der Waals surface area contributed by atoms with Gasteiger partial charge in [-0.25, -0.2) is 0 Å². The van der Waals surface area contributed by atoms with Gasteiger partial charge in [0.05, 0.1) is 11.0 Å². The molecule has 19 heavy (non-hydrogen) atoms. The molecule has 0 radical (unpaired) electrons. The van der Waals surface area contributed by atoms with Gasteiger partial charge in [0.1, 0.15) is 6.10 Å². The average Bonchev–Trinajstić information content (AvgIpc) is 2.46. The fourth-order valence-corrected chi connectivity index (χ4v) is 2.22. The highest BCUT2D eigenvalue weighted by atomic mass is 35.5. The van der Waals surface area contributed by atoms with Crippen molar-refractivity contribution < 1.29 is 5.11 Å². The molecule has 3 nitrogen and oxygen atoms in total. The third-order valence-electron chi connectivity index (χ3n) is 2.97. The Labute approximate surface area is 115 Å². The lowest BCUT2D eigenvalue weighted by atomic mass is 10.0. The maximum Gasteiger partial charge on any atom is 0.104 e. The van der Waals surface area contributed by atoms with E-state index in [1.54, 1.807) is 24.5 Å². The van der Waals surface area contributed by atoms with Crippen LogP contribution >= 0.6 is 11.6 Å². The number of aromatic nitrogens is 2. The van der Waals surface area contributed by atoms with Gasteiger partial charge in [0, 0.05) is 17.4 Å². The molecule has 1 aromatic heterocycles. The molecule has 0 fully saturated rings. The quantitative estimate of drug-likeness (QED) is 0.777. The largest absolute Gasteiger partial charge is 0.384 e. The number of aliphatic hydroxyl groups is 1. The molecule has 0 amide bonds. The Bertz CT molecular complexity index is 730. The fourth-order valence-electron chi connectivity index (χ4n) is 2.02. The Balaban J connectivity index is 2.04. The van der Waals surface area contributed by atoms with Crippen molar-refractivity contribution in [2.75, 3.05) is 0 Å². The molecule has 94 valence electrons. The molecule has 4 heteroatoms. The normalized spacial score (nSPS) is 12.5. The summed E-state index contributed by atoms with van der Waals surface area (Å²) in [6, 6.07) is 12.7. The molecular formula is C15H11ClN2O. The maximum atomic E-state index is 10.4. The van der Waals surface area contributed by atoms with Gasteiger partial charge in [0.25, 0.3) is 0 Å². The van der Waals surface area contributed by atoms with Crippen molar-refractivity contribution in [1.29, 1.82) is 0 Å². The van der Waals surface area contributed by atoms with Gasteiger partial charge in [0.15, 0.2) is 0 Å². The number of halogens is 1. The molecule has 0 bridgehead atoms. The van der Waals surface area contributed by atoms with E-state index >= 15 is 0 Å². The van der Waals surface area contributed by atoms with Crippen LogP contribution in [0, 0.1) is 0 Å². The molecule has 3 rings (SSSR count). The van der Waals surface area contributed by atoms with E-state index in [1.807, 2.05) is 30.3 Å². The highest BCUT2D eigenvalue weighted by Crippen LogP contribution is 2.25. The molecule has 0 saturated carbocycles. The van der Waals surface area contributed by atoms with Crippen LogP contribution in [0.15, 0.2) is 54.9 Å². The second kappa shape index (κ2) is 4.96. The van der Waals surface area contributed by atoms with Crippen LogP contribution in [0.2, 0.25) is 5.02 Å². The van der Waals surface area contributed by atoms with Gasteiger partial charge in [-0.1, -0.05) is 29.8 Å². The average molecular weight is 271 g/mol. The van der Waals surface area contributed by atoms with Gasteiger partial charge in [0.2, 0.25) is 0 Å². The second-order valence-electron chi connectivity index (χ2n) is 4.26. The summed E-state index contributed by atoms with van der Waals surface area (Å²) in [6.45, 7) is 0. The molecule has 0 saturated heterocycles. The third-order valence-corrected chi connectivity index (χ3v) is 3.21. The number of benzene rings is 2. The zero-order chi connectivity index (χ0) is 13.2. The Morgan fingerprint density at radius 1 is 0.895 bits per heavy atom. The molecule has 0 spiro atoms. The molecule has 1 heterocycles. The van der Waals surface area contributed by atoms with Crippen LogP contribution in [-0.4, -0.2) is 15.1 Å². The van der Waals surface area contributed by atoms with Crippen molar-refractivity contribution in [3.8, 4) is 0 Å². The molecular weight excluding hydrogens is 260 g/mol. The number of fused-ring (bicyclic) bond motifs is 1. The van der Waals surface area contributed by atoms with Crippen molar-refractivity contribution in [3.63, 3.8) is 0 Å². The first-order valence-corrected chi connectivity index (χ1v) is 6.26. The first kappa shape index (κ1) is 12.1. The maximum absolute atomic E-state index is 10.4. The van der Waals surface area contributed by atoms with Crippen LogP contribution in [0.1, 0.15) is 17.2 Å². The van der Waals surface area contributed by atoms with E-state index in [0.717, 1.165) is 22.2 Å². The van der Waals surface area contributed by atoms with Crippen molar-refractivity contribution >= 4 is 22.6 Å². The Kier molecular flexibility index (Phi) is 3.15. The van der Waals surface area contributed by atoms with E-state index in [1.165, 1.54) is 0 Å². The minimum absolute atomic E-state index is 0.608. The first-order chi connectivity index (χ1) is 9.24. The summed E-state index contributed by atoms with van der Waals surface area (Å²) < 4.78 is 0. The number of rotatable bonds is 2. The van der Waals surface area contributed by atoms with Crippen LogP contribution in [0.5, 0.6) is 0 Å². The highest BCUT2D eigenvalue weighted by molar-refractivity contribution is 6.30. The molecule has 0 aliphatic carbocycles. The van der Waals surface area contributed by atoms with Crippen LogP contribution in [-0.2, 0) is 0 Å². The lowest BCUT2D eigenvalue weighted by Gasteiger charge is -2.12.